The van der Waals surface area contributed by atoms with Crippen LogP contribution in [0.25, 0.3) is 0 Å². The van der Waals surface area contributed by atoms with Crippen LogP contribution in [0.3, 0.4) is 0 Å². The maximum absolute atomic E-state index is 5.70. The van der Waals surface area contributed by atoms with Crippen LogP contribution in [-0.2, 0) is 29.0 Å². The largest absolute Gasteiger partial charge is 0.324 e. The van der Waals surface area contributed by atoms with Gasteiger partial charge in [-0.3, -0.25) is 0 Å². The molecule has 0 N–H and O–H groups in total. The van der Waals surface area contributed by atoms with E-state index in [4.69, 9.17) is 29.0 Å². The summed E-state index contributed by atoms with van der Waals surface area (Å²) in [7, 11) is 0. The summed E-state index contributed by atoms with van der Waals surface area (Å²) in [4.78, 5) is 10.4. The van der Waals surface area contributed by atoms with Gasteiger partial charge >= 0.3 is 0 Å². The van der Waals surface area contributed by atoms with E-state index in [2.05, 4.69) is 41.5 Å². The smallest absolute Gasteiger partial charge is 0.163 e. The molecular weight excluding hydrogens is 384 g/mol. The highest BCUT2D eigenvalue weighted by Gasteiger charge is 2.42. The van der Waals surface area contributed by atoms with Gasteiger partial charge in [0, 0.05) is 5.92 Å². The molecule has 0 aliphatic carbocycles. The van der Waals surface area contributed by atoms with Gasteiger partial charge in [0.2, 0.25) is 0 Å². The highest BCUT2D eigenvalue weighted by Crippen LogP contribution is 2.38. The van der Waals surface area contributed by atoms with Crippen LogP contribution in [-0.4, -0.2) is 31.1 Å². The molecule has 1 unspecified atom stereocenters. The van der Waals surface area contributed by atoms with Gasteiger partial charge in [0.1, 0.15) is 5.60 Å². The summed E-state index contributed by atoms with van der Waals surface area (Å²) in [6.45, 7) is 13.7. The summed E-state index contributed by atoms with van der Waals surface area (Å²) in [5, 5.41) is 4.77. The third-order valence-corrected chi connectivity index (χ3v) is 5.73. The molecule has 180 valence electrons. The highest BCUT2D eigenvalue weighted by atomic mass is 17.5. The van der Waals surface area contributed by atoms with Gasteiger partial charge in [0.25, 0.3) is 0 Å². The zero-order chi connectivity index (χ0) is 22.2. The molecule has 0 bridgehead atoms. The first-order chi connectivity index (χ1) is 14.6. The fourth-order valence-corrected chi connectivity index (χ4v) is 4.30. The Morgan fingerprint density at radius 2 is 1.03 bits per heavy atom. The molecule has 0 radical (unpaired) electrons. The van der Waals surface area contributed by atoms with Gasteiger partial charge < -0.3 is 14.2 Å². The van der Waals surface area contributed by atoms with Crippen LogP contribution in [0, 0.1) is 5.92 Å². The molecule has 0 aromatic carbocycles. The molecule has 2 aliphatic heterocycles. The molecule has 0 aromatic heterocycles. The number of hydrogen-bond acceptors (Lipinski definition) is 6. The summed E-state index contributed by atoms with van der Waals surface area (Å²) in [6.07, 6.45) is 12.7. The molecule has 2 heterocycles. The standard InChI is InChI=1S/2C12H24O3/c1-4-7-11-10-13-15-14-12(11,8-5-2)9-6-3;1-4-7-10-13-11(8-5-2)15-12(14-10)9-6-3/h11H,4-10H2,1-3H3;10-12H,4-9H2,1-3H3. The number of ether oxygens (including phenoxy) is 3. The highest BCUT2D eigenvalue weighted by molar-refractivity contribution is 4.87. The first-order valence-electron chi connectivity index (χ1n) is 12.5. The molecule has 0 amide bonds. The average molecular weight is 433 g/mol. The van der Waals surface area contributed by atoms with Crippen LogP contribution in [0.15, 0.2) is 0 Å². The molecule has 1 atom stereocenters. The van der Waals surface area contributed by atoms with Gasteiger partial charge in [0.15, 0.2) is 18.9 Å². The lowest BCUT2D eigenvalue weighted by Crippen LogP contribution is -2.46. The average Bonchev–Trinajstić information content (AvgIpc) is 2.72. The predicted molar refractivity (Wildman–Crippen MR) is 118 cm³/mol. The van der Waals surface area contributed by atoms with Gasteiger partial charge in [-0.25, -0.2) is 4.89 Å². The van der Waals surface area contributed by atoms with Crippen molar-refractivity contribution in [3.05, 3.63) is 0 Å². The Kier molecular flexibility index (Phi) is 15.2. The second kappa shape index (κ2) is 16.4. The summed E-state index contributed by atoms with van der Waals surface area (Å²) in [6, 6.07) is 0. The normalized spacial score (nSPS) is 28.6. The van der Waals surface area contributed by atoms with E-state index < -0.39 is 0 Å². The minimum atomic E-state index is -0.0994. The van der Waals surface area contributed by atoms with Crippen molar-refractivity contribution in [1.82, 2.24) is 0 Å². The van der Waals surface area contributed by atoms with Gasteiger partial charge in [-0.15, -0.1) is 0 Å². The van der Waals surface area contributed by atoms with E-state index in [1.54, 1.807) is 0 Å². The molecule has 0 saturated carbocycles. The van der Waals surface area contributed by atoms with Crippen molar-refractivity contribution in [2.24, 2.45) is 5.92 Å². The van der Waals surface area contributed by atoms with Gasteiger partial charge in [-0.05, 0) is 38.5 Å². The Bertz CT molecular complexity index is 357. The van der Waals surface area contributed by atoms with E-state index in [1.807, 2.05) is 0 Å². The van der Waals surface area contributed by atoms with E-state index in [-0.39, 0.29) is 24.5 Å². The van der Waals surface area contributed by atoms with Crippen LogP contribution < -0.4 is 0 Å². The van der Waals surface area contributed by atoms with Crippen LogP contribution >= 0.6 is 0 Å². The molecule has 2 aliphatic rings. The van der Waals surface area contributed by atoms with Gasteiger partial charge in [0.05, 0.1) is 6.61 Å². The van der Waals surface area contributed by atoms with E-state index in [9.17, 15) is 0 Å². The summed E-state index contributed by atoms with van der Waals surface area (Å²) < 4.78 is 17.1. The van der Waals surface area contributed by atoms with Gasteiger partial charge in [-0.1, -0.05) is 85.1 Å². The molecular formula is C24H48O6. The lowest BCUT2D eigenvalue weighted by Gasteiger charge is -2.41. The van der Waals surface area contributed by atoms with Crippen molar-refractivity contribution < 1.29 is 29.0 Å². The molecule has 6 nitrogen and oxygen atoms in total. The van der Waals surface area contributed by atoms with Crippen LogP contribution in [0.4, 0.5) is 0 Å². The first-order valence-corrected chi connectivity index (χ1v) is 12.5. The van der Waals surface area contributed by atoms with Crippen molar-refractivity contribution in [3.63, 3.8) is 0 Å². The minimum absolute atomic E-state index is 0.0585. The van der Waals surface area contributed by atoms with Crippen molar-refractivity contribution in [3.8, 4) is 0 Å². The fraction of sp³-hybridized carbons (Fsp3) is 1.00. The van der Waals surface area contributed by atoms with Crippen molar-refractivity contribution in [2.45, 2.75) is 143 Å². The summed E-state index contributed by atoms with van der Waals surface area (Å²) in [5.41, 5.74) is -0.0994. The van der Waals surface area contributed by atoms with Crippen molar-refractivity contribution >= 4 is 0 Å². The van der Waals surface area contributed by atoms with Crippen LogP contribution in [0.5, 0.6) is 0 Å². The lowest BCUT2D eigenvalue weighted by molar-refractivity contribution is -0.581. The second-order valence-corrected chi connectivity index (χ2v) is 8.55. The molecule has 2 fully saturated rings. The van der Waals surface area contributed by atoms with E-state index in [1.165, 1.54) is 6.42 Å². The summed E-state index contributed by atoms with van der Waals surface area (Å²) >= 11 is 0. The zero-order valence-electron chi connectivity index (χ0n) is 20.5. The third-order valence-electron chi connectivity index (χ3n) is 5.73. The SMILES string of the molecule is CCCC1COOOC1(CCC)CCC.CCCC1OC(CCC)OC(CCC)O1. The minimum Gasteiger partial charge on any atom is -0.324 e. The summed E-state index contributed by atoms with van der Waals surface area (Å²) in [5.74, 6) is 0.483. The molecule has 2 rings (SSSR count). The maximum atomic E-state index is 5.70. The molecule has 0 spiro atoms. The quantitative estimate of drug-likeness (QED) is 0.308. The van der Waals surface area contributed by atoms with Gasteiger partial charge in [-0.2, -0.15) is 4.89 Å². The Morgan fingerprint density at radius 1 is 0.600 bits per heavy atom. The lowest BCUT2D eigenvalue weighted by atomic mass is 9.78. The Hall–Kier alpha value is -0.240. The van der Waals surface area contributed by atoms with Crippen molar-refractivity contribution in [1.29, 1.82) is 0 Å². The predicted octanol–water partition coefficient (Wildman–Crippen LogP) is 7.06. The van der Waals surface area contributed by atoms with Crippen molar-refractivity contribution in [2.75, 3.05) is 6.61 Å². The van der Waals surface area contributed by atoms with E-state index in [0.29, 0.717) is 12.5 Å². The number of rotatable bonds is 12. The van der Waals surface area contributed by atoms with E-state index in [0.717, 1.165) is 70.6 Å². The fourth-order valence-electron chi connectivity index (χ4n) is 4.30. The zero-order valence-corrected chi connectivity index (χ0v) is 20.5. The Labute approximate surface area is 185 Å². The molecule has 2 saturated heterocycles. The number of hydrogen-bond donors (Lipinski definition) is 0. The molecule has 0 aromatic rings. The third kappa shape index (κ3) is 9.49. The Morgan fingerprint density at radius 3 is 1.40 bits per heavy atom. The van der Waals surface area contributed by atoms with Crippen LogP contribution in [0.2, 0.25) is 0 Å². The monoisotopic (exact) mass is 432 g/mol. The van der Waals surface area contributed by atoms with E-state index >= 15 is 0 Å². The second-order valence-electron chi connectivity index (χ2n) is 8.55. The maximum Gasteiger partial charge on any atom is 0.163 e. The molecule has 6 heteroatoms. The van der Waals surface area contributed by atoms with Crippen LogP contribution in [0.1, 0.15) is 119 Å². The topological polar surface area (TPSA) is 55.4 Å². The molecule has 30 heavy (non-hydrogen) atoms. The Balaban J connectivity index is 0.000000300. The first kappa shape index (κ1) is 27.8.